The molecule has 71 heavy (non-hydrogen) atoms. The number of ether oxygens (including phenoxy) is 5. The molecular formula is C59H100O12. The van der Waals surface area contributed by atoms with E-state index in [1.54, 1.807) is 0 Å². The van der Waals surface area contributed by atoms with Crippen LogP contribution >= 0.6 is 0 Å². The molecule has 12 heteroatoms. The van der Waals surface area contributed by atoms with E-state index < -0.39 is 67.3 Å². The first-order valence-electron chi connectivity index (χ1n) is 28.3. The van der Waals surface area contributed by atoms with Crippen molar-refractivity contribution >= 4 is 23.9 Å². The molecule has 1 saturated heterocycles. The lowest BCUT2D eigenvalue weighted by Gasteiger charge is -2.40. The Morgan fingerprint density at radius 2 is 0.887 bits per heavy atom. The van der Waals surface area contributed by atoms with Gasteiger partial charge in [-0.25, -0.2) is 4.79 Å². The number of esters is 3. The molecule has 1 aliphatic rings. The van der Waals surface area contributed by atoms with E-state index in [2.05, 4.69) is 81.5 Å². The second kappa shape index (κ2) is 47.4. The molecule has 0 bridgehead atoms. The van der Waals surface area contributed by atoms with Gasteiger partial charge in [0.2, 0.25) is 0 Å². The van der Waals surface area contributed by atoms with Crippen LogP contribution in [-0.4, -0.2) is 89.2 Å². The number of hydrogen-bond donors (Lipinski definition) is 3. The highest BCUT2D eigenvalue weighted by Gasteiger charge is 2.50. The van der Waals surface area contributed by atoms with Gasteiger partial charge in [0.05, 0.1) is 6.61 Å². The van der Waals surface area contributed by atoms with E-state index in [1.807, 2.05) is 0 Å². The molecule has 1 aliphatic heterocycles. The zero-order valence-corrected chi connectivity index (χ0v) is 44.7. The zero-order chi connectivity index (χ0) is 51.8. The number of rotatable bonds is 47. The maximum atomic E-state index is 13.0. The first-order chi connectivity index (χ1) is 34.6. The number of carboxylic acids is 1. The summed E-state index contributed by atoms with van der Waals surface area (Å²) in [6.07, 6.45) is 44.9. The predicted octanol–water partition coefficient (Wildman–Crippen LogP) is 14.0. The molecular weight excluding hydrogens is 901 g/mol. The van der Waals surface area contributed by atoms with Gasteiger partial charge in [-0.05, 0) is 83.5 Å². The maximum Gasteiger partial charge on any atom is 0.335 e. The second-order valence-electron chi connectivity index (χ2n) is 19.2. The van der Waals surface area contributed by atoms with Crippen molar-refractivity contribution in [1.82, 2.24) is 0 Å². The van der Waals surface area contributed by atoms with Gasteiger partial charge in [-0.1, -0.05) is 197 Å². The Morgan fingerprint density at radius 1 is 0.479 bits per heavy atom. The molecule has 0 aromatic heterocycles. The standard InChI is InChI=1S/C59H100O12/c1-4-7-10-13-16-19-21-23-25-26-28-29-31-34-36-39-42-45-51(60)67-48-50(69-52(61)46-43-40-37-33-18-15-12-9-6-3)49-68-59-57(55(64)54(63)56(71-59)58(65)66)70-53(62)47-44-41-38-35-32-30-27-24-22-20-17-14-11-8-5-2/h7,10,16-17,19-20,23-25,27,50,54-57,59,63-64H,4-6,8-9,11-15,18,21-22,26,28-49H2,1-3H3,(H,65,66)/b10-7-,19-16-,20-17-,25-23-,27-24-. The minimum absolute atomic E-state index is 0.0438. The normalized spacial score (nSPS) is 18.9. The SMILES string of the molecule is CC/C=C\C/C=C\C/C=C\CCCCCCCCCC(=O)OCC(COC1OC(C(=O)O)C(O)C(O)C1OC(=O)CCCCCCC/C=C\C/C=C\CCCCC)OC(=O)CCCCCCCCCCC. The van der Waals surface area contributed by atoms with Gasteiger partial charge < -0.3 is 39.0 Å². The first-order valence-corrected chi connectivity index (χ1v) is 28.3. The highest BCUT2D eigenvalue weighted by atomic mass is 16.7. The van der Waals surface area contributed by atoms with Crippen molar-refractivity contribution in [2.24, 2.45) is 0 Å². The summed E-state index contributed by atoms with van der Waals surface area (Å²) >= 11 is 0. The molecule has 3 N–H and O–H groups in total. The average molecular weight is 1000 g/mol. The van der Waals surface area contributed by atoms with Crippen LogP contribution in [0.15, 0.2) is 60.8 Å². The van der Waals surface area contributed by atoms with Crippen LogP contribution in [0, 0.1) is 0 Å². The first kappa shape index (κ1) is 65.4. The summed E-state index contributed by atoms with van der Waals surface area (Å²) in [5.74, 6) is -3.15. The van der Waals surface area contributed by atoms with E-state index in [1.165, 1.54) is 64.2 Å². The molecule has 0 aliphatic carbocycles. The fraction of sp³-hybridized carbons (Fsp3) is 0.763. The molecule has 1 heterocycles. The summed E-state index contributed by atoms with van der Waals surface area (Å²) in [5, 5.41) is 31.4. The number of allylic oxidation sites excluding steroid dienone is 10. The highest BCUT2D eigenvalue weighted by molar-refractivity contribution is 5.74. The van der Waals surface area contributed by atoms with E-state index in [0.717, 1.165) is 116 Å². The van der Waals surface area contributed by atoms with Gasteiger partial charge in [0, 0.05) is 19.3 Å². The van der Waals surface area contributed by atoms with Crippen LogP contribution in [0.1, 0.15) is 239 Å². The highest BCUT2D eigenvalue weighted by Crippen LogP contribution is 2.26. The number of aliphatic hydroxyl groups excluding tert-OH is 2. The Labute approximate surface area is 430 Å². The smallest absolute Gasteiger partial charge is 0.335 e. The third-order valence-corrected chi connectivity index (χ3v) is 12.6. The van der Waals surface area contributed by atoms with Crippen LogP contribution in [0.2, 0.25) is 0 Å². The minimum Gasteiger partial charge on any atom is -0.479 e. The van der Waals surface area contributed by atoms with Gasteiger partial charge in [0.15, 0.2) is 24.6 Å². The summed E-state index contributed by atoms with van der Waals surface area (Å²) < 4.78 is 28.3. The Balaban J connectivity index is 2.67. The summed E-state index contributed by atoms with van der Waals surface area (Å²) in [6.45, 7) is 5.81. The van der Waals surface area contributed by atoms with E-state index in [9.17, 15) is 34.5 Å². The number of carbonyl (C=O) groups excluding carboxylic acids is 3. The third kappa shape index (κ3) is 37.8. The van der Waals surface area contributed by atoms with Crippen molar-refractivity contribution in [3.63, 3.8) is 0 Å². The fourth-order valence-electron chi connectivity index (χ4n) is 8.24. The quantitative estimate of drug-likeness (QED) is 0.0228. The van der Waals surface area contributed by atoms with Crippen LogP contribution in [-0.2, 0) is 42.9 Å². The van der Waals surface area contributed by atoms with Crippen molar-refractivity contribution < 1.29 is 58.2 Å². The van der Waals surface area contributed by atoms with Crippen LogP contribution < -0.4 is 0 Å². The Kier molecular flexibility index (Phi) is 43.7. The summed E-state index contributed by atoms with van der Waals surface area (Å²) in [7, 11) is 0. The Morgan fingerprint density at radius 3 is 1.38 bits per heavy atom. The van der Waals surface area contributed by atoms with Gasteiger partial charge in [0.1, 0.15) is 18.8 Å². The lowest BCUT2D eigenvalue weighted by atomic mass is 9.98. The zero-order valence-electron chi connectivity index (χ0n) is 44.7. The molecule has 0 aromatic carbocycles. The van der Waals surface area contributed by atoms with E-state index in [0.29, 0.717) is 19.3 Å². The van der Waals surface area contributed by atoms with E-state index >= 15 is 0 Å². The number of hydrogen-bond acceptors (Lipinski definition) is 11. The number of unbranched alkanes of at least 4 members (excludes halogenated alkanes) is 23. The molecule has 0 radical (unpaired) electrons. The summed E-state index contributed by atoms with van der Waals surface area (Å²) in [5.41, 5.74) is 0. The predicted molar refractivity (Wildman–Crippen MR) is 285 cm³/mol. The average Bonchev–Trinajstić information content (AvgIpc) is 3.35. The molecule has 0 saturated carbocycles. The van der Waals surface area contributed by atoms with Gasteiger partial charge in [-0.3, -0.25) is 14.4 Å². The minimum atomic E-state index is -1.91. The molecule has 1 rings (SSSR count). The van der Waals surface area contributed by atoms with E-state index in [-0.39, 0.29) is 25.9 Å². The number of aliphatic hydroxyl groups is 2. The van der Waals surface area contributed by atoms with E-state index in [4.69, 9.17) is 23.7 Å². The Hall–Kier alpha value is -3.58. The van der Waals surface area contributed by atoms with Crippen LogP contribution in [0.4, 0.5) is 0 Å². The van der Waals surface area contributed by atoms with Crippen molar-refractivity contribution in [3.8, 4) is 0 Å². The van der Waals surface area contributed by atoms with Crippen molar-refractivity contribution in [2.45, 2.75) is 276 Å². The van der Waals surface area contributed by atoms with Gasteiger partial charge >= 0.3 is 23.9 Å². The topological polar surface area (TPSA) is 175 Å². The number of carbonyl (C=O) groups is 4. The fourth-order valence-corrected chi connectivity index (χ4v) is 8.24. The van der Waals surface area contributed by atoms with Crippen LogP contribution in [0.3, 0.4) is 0 Å². The summed E-state index contributed by atoms with van der Waals surface area (Å²) in [4.78, 5) is 50.9. The molecule has 0 amide bonds. The molecule has 0 spiro atoms. The molecule has 12 nitrogen and oxygen atoms in total. The molecule has 0 aromatic rings. The maximum absolute atomic E-state index is 13.0. The summed E-state index contributed by atoms with van der Waals surface area (Å²) in [6, 6.07) is 0. The van der Waals surface area contributed by atoms with Gasteiger partial charge in [-0.2, -0.15) is 0 Å². The van der Waals surface area contributed by atoms with Crippen molar-refractivity contribution in [2.75, 3.05) is 13.2 Å². The van der Waals surface area contributed by atoms with Gasteiger partial charge in [0.25, 0.3) is 0 Å². The van der Waals surface area contributed by atoms with Crippen molar-refractivity contribution in [3.05, 3.63) is 60.8 Å². The Bertz CT molecular complexity index is 1470. The molecule has 408 valence electrons. The molecule has 1 fully saturated rings. The van der Waals surface area contributed by atoms with Crippen LogP contribution in [0.5, 0.6) is 0 Å². The molecule has 6 atom stereocenters. The number of aliphatic carboxylic acids is 1. The van der Waals surface area contributed by atoms with Gasteiger partial charge in [-0.15, -0.1) is 0 Å². The lowest BCUT2D eigenvalue weighted by molar-refractivity contribution is -0.301. The molecule has 6 unspecified atom stereocenters. The van der Waals surface area contributed by atoms with Crippen molar-refractivity contribution in [1.29, 1.82) is 0 Å². The number of carboxylic acid groups (broad SMARTS) is 1. The monoisotopic (exact) mass is 1000 g/mol. The third-order valence-electron chi connectivity index (χ3n) is 12.6. The van der Waals surface area contributed by atoms with Crippen LogP contribution in [0.25, 0.3) is 0 Å². The second-order valence-corrected chi connectivity index (χ2v) is 19.2. The largest absolute Gasteiger partial charge is 0.479 e. The lowest BCUT2D eigenvalue weighted by Crippen LogP contribution is -2.61.